The zero-order valence-corrected chi connectivity index (χ0v) is 12.4. The number of rotatable bonds is 4. The monoisotopic (exact) mass is 336 g/mol. The van der Waals surface area contributed by atoms with Crippen molar-refractivity contribution in [1.29, 1.82) is 0 Å². The standard InChI is InChI=1S/C14H13BrN2O3/c1-16-13(18)8-9-2-4-10(5-3-9)17-14(19)11-6-7-12(15)20-11/h2-7H,8H2,1H3,(H,16,18)(H,17,19). The van der Waals surface area contributed by atoms with Gasteiger partial charge in [0.25, 0.3) is 5.91 Å². The summed E-state index contributed by atoms with van der Waals surface area (Å²) < 4.78 is 5.66. The van der Waals surface area contributed by atoms with Gasteiger partial charge in [0, 0.05) is 12.7 Å². The second-order valence-electron chi connectivity index (χ2n) is 4.10. The highest BCUT2D eigenvalue weighted by Gasteiger charge is 2.10. The van der Waals surface area contributed by atoms with Gasteiger partial charge in [-0.05, 0) is 45.8 Å². The molecule has 2 amide bonds. The number of furan rings is 1. The Morgan fingerprint density at radius 2 is 1.85 bits per heavy atom. The zero-order chi connectivity index (χ0) is 14.5. The Kier molecular flexibility index (Phi) is 4.57. The van der Waals surface area contributed by atoms with Crippen LogP contribution in [0.15, 0.2) is 45.5 Å². The lowest BCUT2D eigenvalue weighted by Crippen LogP contribution is -2.19. The molecule has 0 fully saturated rings. The molecule has 0 spiro atoms. The van der Waals surface area contributed by atoms with Crippen molar-refractivity contribution in [2.24, 2.45) is 0 Å². The quantitative estimate of drug-likeness (QED) is 0.901. The van der Waals surface area contributed by atoms with Crippen molar-refractivity contribution in [3.63, 3.8) is 0 Å². The molecule has 20 heavy (non-hydrogen) atoms. The summed E-state index contributed by atoms with van der Waals surface area (Å²) in [4.78, 5) is 23.1. The van der Waals surface area contributed by atoms with Crippen LogP contribution in [0.25, 0.3) is 0 Å². The predicted octanol–water partition coefficient (Wildman–Crippen LogP) is 2.58. The average molecular weight is 337 g/mol. The van der Waals surface area contributed by atoms with Crippen LogP contribution in [0.2, 0.25) is 0 Å². The first kappa shape index (κ1) is 14.3. The van der Waals surface area contributed by atoms with Gasteiger partial charge in [-0.1, -0.05) is 12.1 Å². The van der Waals surface area contributed by atoms with Gasteiger partial charge in [-0.25, -0.2) is 0 Å². The van der Waals surface area contributed by atoms with E-state index in [1.807, 2.05) is 0 Å². The maximum absolute atomic E-state index is 11.8. The number of hydrogen-bond donors (Lipinski definition) is 2. The van der Waals surface area contributed by atoms with Crippen LogP contribution >= 0.6 is 15.9 Å². The lowest BCUT2D eigenvalue weighted by molar-refractivity contribution is -0.119. The molecule has 0 unspecified atom stereocenters. The highest BCUT2D eigenvalue weighted by molar-refractivity contribution is 9.10. The van der Waals surface area contributed by atoms with Crippen molar-refractivity contribution in [1.82, 2.24) is 5.32 Å². The molecule has 2 aromatic rings. The Labute approximate surface area is 124 Å². The fraction of sp³-hybridized carbons (Fsp3) is 0.143. The Morgan fingerprint density at radius 1 is 1.15 bits per heavy atom. The summed E-state index contributed by atoms with van der Waals surface area (Å²) in [5.74, 6) is -0.150. The van der Waals surface area contributed by atoms with Crippen LogP contribution in [0.4, 0.5) is 5.69 Å². The molecule has 5 nitrogen and oxygen atoms in total. The number of nitrogens with one attached hydrogen (secondary N) is 2. The van der Waals surface area contributed by atoms with Gasteiger partial charge in [0.1, 0.15) is 0 Å². The van der Waals surface area contributed by atoms with E-state index in [2.05, 4.69) is 26.6 Å². The van der Waals surface area contributed by atoms with E-state index in [0.717, 1.165) is 5.56 Å². The molecule has 2 N–H and O–H groups in total. The molecule has 0 radical (unpaired) electrons. The summed E-state index contributed by atoms with van der Waals surface area (Å²) in [5.41, 5.74) is 1.52. The van der Waals surface area contributed by atoms with Gasteiger partial charge in [0.2, 0.25) is 5.91 Å². The molecule has 0 saturated heterocycles. The van der Waals surface area contributed by atoms with Crippen molar-refractivity contribution >= 4 is 33.4 Å². The lowest BCUT2D eigenvalue weighted by atomic mass is 10.1. The third kappa shape index (κ3) is 3.71. The Balaban J connectivity index is 2.00. The molecule has 104 valence electrons. The topological polar surface area (TPSA) is 71.3 Å². The predicted molar refractivity (Wildman–Crippen MR) is 78.6 cm³/mol. The summed E-state index contributed by atoms with van der Waals surface area (Å²) >= 11 is 3.14. The van der Waals surface area contributed by atoms with E-state index in [1.54, 1.807) is 43.4 Å². The first-order chi connectivity index (χ1) is 9.58. The lowest BCUT2D eigenvalue weighted by Gasteiger charge is -2.05. The van der Waals surface area contributed by atoms with Gasteiger partial charge in [-0.3, -0.25) is 9.59 Å². The number of halogens is 1. The van der Waals surface area contributed by atoms with Crippen LogP contribution in [0, 0.1) is 0 Å². The van der Waals surface area contributed by atoms with Crippen molar-refractivity contribution in [2.75, 3.05) is 12.4 Å². The summed E-state index contributed by atoms with van der Waals surface area (Å²) in [5, 5.41) is 5.27. The van der Waals surface area contributed by atoms with Crippen molar-refractivity contribution in [3.8, 4) is 0 Å². The molecule has 0 saturated carbocycles. The summed E-state index contributed by atoms with van der Waals surface area (Å²) in [6.07, 6.45) is 0.315. The minimum Gasteiger partial charge on any atom is -0.444 e. The SMILES string of the molecule is CNC(=O)Cc1ccc(NC(=O)c2ccc(Br)o2)cc1. The number of likely N-dealkylation sites (N-methyl/N-ethyl adjacent to an activating group) is 1. The van der Waals surface area contributed by atoms with Crippen molar-refractivity contribution < 1.29 is 14.0 Å². The minimum absolute atomic E-state index is 0.0535. The smallest absolute Gasteiger partial charge is 0.291 e. The molecule has 1 heterocycles. The average Bonchev–Trinajstić information content (AvgIpc) is 2.87. The Hall–Kier alpha value is -2.08. The van der Waals surface area contributed by atoms with Crippen LogP contribution in [-0.4, -0.2) is 18.9 Å². The third-order valence-electron chi connectivity index (χ3n) is 2.65. The molecule has 1 aromatic heterocycles. The maximum Gasteiger partial charge on any atom is 0.291 e. The van der Waals surface area contributed by atoms with E-state index in [9.17, 15) is 9.59 Å². The van der Waals surface area contributed by atoms with Crippen molar-refractivity contribution in [3.05, 3.63) is 52.4 Å². The Bertz CT molecular complexity index is 620. The number of anilines is 1. The number of amides is 2. The van der Waals surface area contributed by atoms with Crippen LogP contribution in [0.1, 0.15) is 16.1 Å². The fourth-order valence-corrected chi connectivity index (χ4v) is 1.92. The second kappa shape index (κ2) is 6.38. The molecular weight excluding hydrogens is 324 g/mol. The highest BCUT2D eigenvalue weighted by Crippen LogP contribution is 2.16. The molecule has 0 aliphatic heterocycles. The molecular formula is C14H13BrN2O3. The van der Waals surface area contributed by atoms with Crippen LogP contribution in [-0.2, 0) is 11.2 Å². The summed E-state index contributed by atoms with van der Waals surface area (Å²) in [6.45, 7) is 0. The molecule has 6 heteroatoms. The molecule has 0 aliphatic carbocycles. The fourth-order valence-electron chi connectivity index (χ4n) is 1.61. The molecule has 1 aromatic carbocycles. The van der Waals surface area contributed by atoms with Gasteiger partial charge in [-0.15, -0.1) is 0 Å². The molecule has 0 atom stereocenters. The number of hydrogen-bond acceptors (Lipinski definition) is 3. The number of benzene rings is 1. The van der Waals surface area contributed by atoms with E-state index in [1.165, 1.54) is 0 Å². The van der Waals surface area contributed by atoms with Gasteiger partial charge < -0.3 is 15.1 Å². The molecule has 0 aliphatic rings. The number of carbonyl (C=O) groups is 2. The second-order valence-corrected chi connectivity index (χ2v) is 4.89. The summed E-state index contributed by atoms with van der Waals surface area (Å²) in [6, 6.07) is 10.3. The van der Waals surface area contributed by atoms with E-state index >= 15 is 0 Å². The van der Waals surface area contributed by atoms with Crippen LogP contribution < -0.4 is 10.6 Å². The third-order valence-corrected chi connectivity index (χ3v) is 3.08. The maximum atomic E-state index is 11.8. The Morgan fingerprint density at radius 3 is 2.40 bits per heavy atom. The van der Waals surface area contributed by atoms with E-state index < -0.39 is 0 Å². The first-order valence-electron chi connectivity index (χ1n) is 5.94. The van der Waals surface area contributed by atoms with E-state index in [-0.39, 0.29) is 17.6 Å². The zero-order valence-electron chi connectivity index (χ0n) is 10.8. The first-order valence-corrected chi connectivity index (χ1v) is 6.74. The van der Waals surface area contributed by atoms with E-state index in [0.29, 0.717) is 16.8 Å². The number of carbonyl (C=O) groups excluding carboxylic acids is 2. The molecule has 0 bridgehead atoms. The van der Waals surface area contributed by atoms with Crippen LogP contribution in [0.5, 0.6) is 0 Å². The normalized spacial score (nSPS) is 10.1. The molecule has 2 rings (SSSR count). The van der Waals surface area contributed by atoms with E-state index in [4.69, 9.17) is 4.42 Å². The van der Waals surface area contributed by atoms with Gasteiger partial charge in [0.05, 0.1) is 6.42 Å². The van der Waals surface area contributed by atoms with Gasteiger partial charge >= 0.3 is 0 Å². The van der Waals surface area contributed by atoms with Crippen molar-refractivity contribution in [2.45, 2.75) is 6.42 Å². The van der Waals surface area contributed by atoms with Crippen LogP contribution in [0.3, 0.4) is 0 Å². The van der Waals surface area contributed by atoms with Gasteiger partial charge in [0.15, 0.2) is 10.4 Å². The summed E-state index contributed by atoms with van der Waals surface area (Å²) in [7, 11) is 1.60. The highest BCUT2D eigenvalue weighted by atomic mass is 79.9. The van der Waals surface area contributed by atoms with Gasteiger partial charge in [-0.2, -0.15) is 0 Å². The largest absolute Gasteiger partial charge is 0.444 e. The minimum atomic E-state index is -0.324.